The van der Waals surface area contributed by atoms with E-state index in [1.165, 1.54) is 38.4 Å². The molecule has 0 bridgehead atoms. The summed E-state index contributed by atoms with van der Waals surface area (Å²) in [6, 6.07) is 18.4. The number of nitrogens with one attached hydrogen (secondary N) is 1. The Kier molecular flexibility index (Phi) is 7.04. The molecule has 3 aromatic carbocycles. The molecular weight excluding hydrogens is 482 g/mol. The SMILES string of the molecule is COc1ccc(-c2cnnn2-c2ccc(NC(=O)c3ccc(S(=O)(=O)N(C)C)cc3)cc2)cc1OC. The summed E-state index contributed by atoms with van der Waals surface area (Å²) >= 11 is 0. The number of benzene rings is 3. The molecule has 186 valence electrons. The minimum Gasteiger partial charge on any atom is -0.493 e. The van der Waals surface area contributed by atoms with E-state index in [0.29, 0.717) is 22.7 Å². The van der Waals surface area contributed by atoms with E-state index in [4.69, 9.17) is 9.47 Å². The zero-order valence-electron chi connectivity index (χ0n) is 20.2. The largest absolute Gasteiger partial charge is 0.493 e. The number of hydrogen-bond donors (Lipinski definition) is 1. The summed E-state index contributed by atoms with van der Waals surface area (Å²) in [5, 5.41) is 11.0. The summed E-state index contributed by atoms with van der Waals surface area (Å²) in [7, 11) is 2.50. The molecular formula is C25H25N5O5S. The van der Waals surface area contributed by atoms with Gasteiger partial charge in [-0.05, 0) is 66.7 Å². The highest BCUT2D eigenvalue weighted by Crippen LogP contribution is 2.32. The van der Waals surface area contributed by atoms with Crippen LogP contribution in [0, 0.1) is 0 Å². The van der Waals surface area contributed by atoms with Crippen molar-refractivity contribution in [2.45, 2.75) is 4.90 Å². The van der Waals surface area contributed by atoms with Crippen LogP contribution in [0.2, 0.25) is 0 Å². The lowest BCUT2D eigenvalue weighted by molar-refractivity contribution is 0.102. The van der Waals surface area contributed by atoms with Gasteiger partial charge in [-0.3, -0.25) is 4.79 Å². The van der Waals surface area contributed by atoms with Gasteiger partial charge in [-0.25, -0.2) is 17.4 Å². The molecule has 0 spiro atoms. The highest BCUT2D eigenvalue weighted by molar-refractivity contribution is 7.89. The topological polar surface area (TPSA) is 116 Å². The summed E-state index contributed by atoms with van der Waals surface area (Å²) in [6.07, 6.45) is 1.65. The normalized spacial score (nSPS) is 11.4. The summed E-state index contributed by atoms with van der Waals surface area (Å²) in [4.78, 5) is 12.8. The van der Waals surface area contributed by atoms with Gasteiger partial charge in [-0.15, -0.1) is 5.10 Å². The fourth-order valence-corrected chi connectivity index (χ4v) is 4.40. The van der Waals surface area contributed by atoms with Crippen molar-refractivity contribution in [2.24, 2.45) is 0 Å². The first-order valence-electron chi connectivity index (χ1n) is 10.8. The Bertz CT molecular complexity index is 1480. The fourth-order valence-electron chi connectivity index (χ4n) is 3.50. The molecule has 0 saturated carbocycles. The molecule has 0 unspecified atom stereocenters. The number of methoxy groups -OCH3 is 2. The van der Waals surface area contributed by atoms with Crippen molar-refractivity contribution in [1.29, 1.82) is 0 Å². The third kappa shape index (κ3) is 4.92. The number of anilines is 1. The maximum Gasteiger partial charge on any atom is 0.255 e. The Morgan fingerprint density at radius 2 is 1.58 bits per heavy atom. The molecule has 1 amide bonds. The van der Waals surface area contributed by atoms with Crippen molar-refractivity contribution in [3.05, 3.63) is 78.5 Å². The van der Waals surface area contributed by atoms with Crippen LogP contribution in [-0.2, 0) is 10.0 Å². The van der Waals surface area contributed by atoms with Gasteiger partial charge in [-0.1, -0.05) is 5.21 Å². The Morgan fingerprint density at radius 3 is 2.19 bits per heavy atom. The van der Waals surface area contributed by atoms with Crippen molar-refractivity contribution in [1.82, 2.24) is 19.3 Å². The molecule has 0 aliphatic carbocycles. The summed E-state index contributed by atoms with van der Waals surface area (Å²) < 4.78 is 37.9. The predicted molar refractivity (Wildman–Crippen MR) is 135 cm³/mol. The first kappa shape index (κ1) is 24.9. The molecule has 4 rings (SSSR count). The van der Waals surface area contributed by atoms with Crippen LogP contribution in [0.5, 0.6) is 11.5 Å². The third-order valence-corrected chi connectivity index (χ3v) is 7.32. The fraction of sp³-hybridized carbons (Fsp3) is 0.160. The summed E-state index contributed by atoms with van der Waals surface area (Å²) in [5.41, 5.74) is 3.24. The smallest absolute Gasteiger partial charge is 0.255 e. The molecule has 11 heteroatoms. The molecule has 0 aliphatic rings. The van der Waals surface area contributed by atoms with Crippen molar-refractivity contribution < 1.29 is 22.7 Å². The number of carbonyl (C=O) groups is 1. The van der Waals surface area contributed by atoms with Crippen LogP contribution in [0.15, 0.2) is 77.8 Å². The number of hydrogen-bond acceptors (Lipinski definition) is 7. The number of aromatic nitrogens is 3. The van der Waals surface area contributed by atoms with Gasteiger partial charge in [0, 0.05) is 30.9 Å². The number of rotatable bonds is 8. The van der Waals surface area contributed by atoms with Gasteiger partial charge in [-0.2, -0.15) is 0 Å². The van der Waals surface area contributed by atoms with Crippen LogP contribution in [0.4, 0.5) is 5.69 Å². The second-order valence-corrected chi connectivity index (χ2v) is 10.1. The maximum atomic E-state index is 12.7. The highest BCUT2D eigenvalue weighted by atomic mass is 32.2. The van der Waals surface area contributed by atoms with E-state index in [-0.39, 0.29) is 10.8 Å². The Balaban J connectivity index is 1.51. The van der Waals surface area contributed by atoms with Gasteiger partial charge < -0.3 is 14.8 Å². The van der Waals surface area contributed by atoms with Gasteiger partial charge in [0.15, 0.2) is 11.5 Å². The molecule has 1 heterocycles. The first-order valence-corrected chi connectivity index (χ1v) is 12.3. The predicted octanol–water partition coefficient (Wildman–Crippen LogP) is 3.45. The lowest BCUT2D eigenvalue weighted by Gasteiger charge is -2.12. The summed E-state index contributed by atoms with van der Waals surface area (Å²) in [6.45, 7) is 0. The Morgan fingerprint density at radius 1 is 0.917 bits per heavy atom. The van der Waals surface area contributed by atoms with Gasteiger partial charge in [0.2, 0.25) is 10.0 Å². The number of nitrogens with zero attached hydrogens (tertiary/aromatic N) is 4. The van der Waals surface area contributed by atoms with Crippen LogP contribution < -0.4 is 14.8 Å². The third-order valence-electron chi connectivity index (χ3n) is 5.49. The summed E-state index contributed by atoms with van der Waals surface area (Å²) in [5.74, 6) is 0.853. The molecule has 0 saturated heterocycles. The van der Waals surface area contributed by atoms with Crippen molar-refractivity contribution in [3.8, 4) is 28.4 Å². The number of sulfonamides is 1. The standard InChI is InChI=1S/C25H25N5O5S/c1-29(2)36(32,33)21-12-5-17(6-13-21)25(31)27-19-8-10-20(11-9-19)30-22(16-26-28-30)18-7-14-23(34-3)24(15-18)35-4/h5-16H,1-4H3,(H,27,31). The van der Waals surface area contributed by atoms with E-state index in [2.05, 4.69) is 15.6 Å². The maximum absolute atomic E-state index is 12.7. The number of ether oxygens (including phenoxy) is 2. The number of carbonyl (C=O) groups excluding carboxylic acids is 1. The minimum atomic E-state index is -3.56. The molecule has 0 atom stereocenters. The molecule has 1 aromatic heterocycles. The van der Waals surface area contributed by atoms with Crippen LogP contribution in [0.1, 0.15) is 10.4 Å². The van der Waals surface area contributed by atoms with Crippen molar-refractivity contribution in [3.63, 3.8) is 0 Å². The lowest BCUT2D eigenvalue weighted by atomic mass is 10.1. The second-order valence-electron chi connectivity index (χ2n) is 7.91. The van der Waals surface area contributed by atoms with Gasteiger partial charge in [0.25, 0.3) is 5.91 Å². The zero-order valence-corrected chi connectivity index (χ0v) is 21.0. The van der Waals surface area contributed by atoms with Crippen LogP contribution >= 0.6 is 0 Å². The van der Waals surface area contributed by atoms with E-state index in [1.807, 2.05) is 18.2 Å². The van der Waals surface area contributed by atoms with E-state index < -0.39 is 10.0 Å². The van der Waals surface area contributed by atoms with Crippen LogP contribution in [-0.4, -0.2) is 61.9 Å². The Hall–Kier alpha value is -4.22. The first-order chi connectivity index (χ1) is 17.2. The van der Waals surface area contributed by atoms with Crippen LogP contribution in [0.3, 0.4) is 0 Å². The lowest BCUT2D eigenvalue weighted by Crippen LogP contribution is -2.22. The second kappa shape index (κ2) is 10.2. The molecule has 4 aromatic rings. The van der Waals surface area contributed by atoms with E-state index in [9.17, 15) is 13.2 Å². The van der Waals surface area contributed by atoms with Gasteiger partial charge in [0.05, 0.1) is 36.7 Å². The minimum absolute atomic E-state index is 0.117. The van der Waals surface area contributed by atoms with E-state index in [1.54, 1.807) is 49.4 Å². The molecule has 0 radical (unpaired) electrons. The number of amides is 1. The molecule has 1 N–H and O–H groups in total. The highest BCUT2D eigenvalue weighted by Gasteiger charge is 2.18. The monoisotopic (exact) mass is 507 g/mol. The average molecular weight is 508 g/mol. The van der Waals surface area contributed by atoms with E-state index >= 15 is 0 Å². The van der Waals surface area contributed by atoms with Gasteiger partial charge in [0.1, 0.15) is 0 Å². The van der Waals surface area contributed by atoms with Gasteiger partial charge >= 0.3 is 0 Å². The molecule has 0 fully saturated rings. The zero-order chi connectivity index (χ0) is 25.9. The quantitative estimate of drug-likeness (QED) is 0.388. The molecule has 0 aliphatic heterocycles. The Labute approximate surface area is 209 Å². The molecule has 10 nitrogen and oxygen atoms in total. The van der Waals surface area contributed by atoms with Crippen LogP contribution in [0.25, 0.3) is 16.9 Å². The van der Waals surface area contributed by atoms with E-state index in [0.717, 1.165) is 21.2 Å². The molecule has 36 heavy (non-hydrogen) atoms. The van der Waals surface area contributed by atoms with Crippen molar-refractivity contribution >= 4 is 21.6 Å². The van der Waals surface area contributed by atoms with Crippen molar-refractivity contribution in [2.75, 3.05) is 33.6 Å². The average Bonchev–Trinajstić information content (AvgIpc) is 3.38.